The van der Waals surface area contributed by atoms with Crippen LogP contribution in [0.15, 0.2) is 23.0 Å². The zero-order chi connectivity index (χ0) is 20.5. The molecule has 3 aliphatic rings. The van der Waals surface area contributed by atoms with Crippen molar-refractivity contribution in [1.82, 2.24) is 19.7 Å². The normalized spacial score (nSPS) is 25.8. The van der Waals surface area contributed by atoms with E-state index in [0.29, 0.717) is 32.8 Å². The van der Waals surface area contributed by atoms with Gasteiger partial charge in [-0.3, -0.25) is 19.0 Å². The fourth-order valence-corrected chi connectivity index (χ4v) is 4.75. The Bertz CT molecular complexity index is 882. The number of carbonyl (C=O) groups excluding carboxylic acids is 3. The van der Waals surface area contributed by atoms with Crippen LogP contribution >= 0.6 is 0 Å². The molecule has 9 heteroatoms. The van der Waals surface area contributed by atoms with Crippen LogP contribution in [0.1, 0.15) is 37.4 Å². The first-order chi connectivity index (χ1) is 14.0. The van der Waals surface area contributed by atoms with Gasteiger partial charge in [0.1, 0.15) is 6.04 Å². The van der Waals surface area contributed by atoms with Gasteiger partial charge >= 0.3 is 6.09 Å². The van der Waals surface area contributed by atoms with Crippen LogP contribution in [0.4, 0.5) is 4.79 Å². The molecule has 0 saturated carbocycles. The van der Waals surface area contributed by atoms with Crippen LogP contribution in [0.2, 0.25) is 0 Å². The molecule has 1 aromatic rings. The SMILES string of the molecule is CC(=O)N1C[C@H]2C[C@@H](C1)[C@H](C(=O)NCCN1CCCOC1=O)n1c2cccc1=O. The van der Waals surface area contributed by atoms with Crippen LogP contribution in [0, 0.1) is 5.92 Å². The Balaban J connectivity index is 1.52. The highest BCUT2D eigenvalue weighted by Crippen LogP contribution is 2.41. The topological polar surface area (TPSA) is 101 Å². The number of nitrogens with zero attached hydrogens (tertiary/aromatic N) is 3. The van der Waals surface area contributed by atoms with Crippen molar-refractivity contribution < 1.29 is 19.1 Å². The number of fused-ring (bicyclic) bond motifs is 4. The lowest BCUT2D eigenvalue weighted by atomic mass is 9.78. The number of amides is 3. The average molecular weight is 402 g/mol. The summed E-state index contributed by atoms with van der Waals surface area (Å²) >= 11 is 0. The summed E-state index contributed by atoms with van der Waals surface area (Å²) in [4.78, 5) is 52.8. The number of rotatable bonds is 4. The minimum atomic E-state index is -0.662. The molecule has 2 fully saturated rings. The lowest BCUT2D eigenvalue weighted by Gasteiger charge is -2.46. The first kappa shape index (κ1) is 19.5. The minimum Gasteiger partial charge on any atom is -0.449 e. The standard InChI is InChI=1S/C20H26N4O5/c1-13(25)23-11-14-10-15(12-23)18(24-16(14)4-2-5-17(24)26)19(27)21-6-8-22-7-3-9-29-20(22)28/h2,4-5,14-15,18H,3,6-12H2,1H3,(H,21,27)/t14-,15+,18-/m1/s1. The van der Waals surface area contributed by atoms with Crippen molar-refractivity contribution in [3.63, 3.8) is 0 Å². The Morgan fingerprint density at radius 2 is 2.07 bits per heavy atom. The van der Waals surface area contributed by atoms with E-state index < -0.39 is 6.04 Å². The second-order valence-electron chi connectivity index (χ2n) is 7.97. The fraction of sp³-hybridized carbons (Fsp3) is 0.600. The van der Waals surface area contributed by atoms with Crippen LogP contribution in [-0.2, 0) is 14.3 Å². The highest BCUT2D eigenvalue weighted by Gasteiger charge is 2.44. The summed E-state index contributed by atoms with van der Waals surface area (Å²) in [6, 6.07) is 4.39. The number of piperidine rings is 1. The number of pyridine rings is 1. The van der Waals surface area contributed by atoms with Gasteiger partial charge in [-0.15, -0.1) is 0 Å². The van der Waals surface area contributed by atoms with Gasteiger partial charge in [-0.2, -0.15) is 0 Å². The molecule has 0 radical (unpaired) electrons. The monoisotopic (exact) mass is 402 g/mol. The quantitative estimate of drug-likeness (QED) is 0.781. The number of cyclic esters (lactones) is 1. The molecule has 1 N–H and O–H groups in total. The third kappa shape index (κ3) is 3.73. The molecule has 3 aliphatic heterocycles. The summed E-state index contributed by atoms with van der Waals surface area (Å²) in [5, 5.41) is 2.88. The molecule has 0 spiro atoms. The Kier molecular flexibility index (Phi) is 5.29. The highest BCUT2D eigenvalue weighted by molar-refractivity contribution is 5.81. The Morgan fingerprint density at radius 3 is 2.83 bits per heavy atom. The number of likely N-dealkylation sites (tertiary alicyclic amines) is 1. The maximum Gasteiger partial charge on any atom is 0.409 e. The van der Waals surface area contributed by atoms with E-state index in [0.717, 1.165) is 18.5 Å². The first-order valence-corrected chi connectivity index (χ1v) is 10.1. The van der Waals surface area contributed by atoms with Gasteiger partial charge in [-0.05, 0) is 18.9 Å². The molecule has 9 nitrogen and oxygen atoms in total. The maximum absolute atomic E-state index is 13.1. The van der Waals surface area contributed by atoms with Gasteiger partial charge in [0.05, 0.1) is 6.61 Å². The van der Waals surface area contributed by atoms with Gasteiger partial charge in [0.15, 0.2) is 0 Å². The second-order valence-corrected chi connectivity index (χ2v) is 7.97. The number of aromatic nitrogens is 1. The molecule has 29 heavy (non-hydrogen) atoms. The maximum atomic E-state index is 13.1. The van der Waals surface area contributed by atoms with Gasteiger partial charge in [-0.25, -0.2) is 4.79 Å². The number of ether oxygens (including phenoxy) is 1. The van der Waals surface area contributed by atoms with E-state index in [-0.39, 0.29) is 41.8 Å². The number of carbonyl (C=O) groups is 3. The molecule has 0 aliphatic carbocycles. The lowest BCUT2D eigenvalue weighted by Crippen LogP contribution is -2.54. The molecule has 3 atom stereocenters. The number of nitrogens with one attached hydrogen (secondary N) is 1. The van der Waals surface area contributed by atoms with Crippen LogP contribution in [0.25, 0.3) is 0 Å². The van der Waals surface area contributed by atoms with Crippen molar-refractivity contribution in [2.75, 3.05) is 39.3 Å². The first-order valence-electron chi connectivity index (χ1n) is 10.1. The molecule has 4 rings (SSSR count). The molecule has 0 unspecified atom stereocenters. The fourth-order valence-electron chi connectivity index (χ4n) is 4.75. The average Bonchev–Trinajstić information content (AvgIpc) is 2.70. The Labute approximate surface area is 168 Å². The zero-order valence-corrected chi connectivity index (χ0v) is 16.5. The van der Waals surface area contributed by atoms with Crippen molar-refractivity contribution in [2.24, 2.45) is 5.92 Å². The van der Waals surface area contributed by atoms with Crippen LogP contribution in [0.5, 0.6) is 0 Å². The number of hydrogen-bond donors (Lipinski definition) is 1. The molecule has 1 aromatic heterocycles. The van der Waals surface area contributed by atoms with E-state index in [1.54, 1.807) is 20.4 Å². The van der Waals surface area contributed by atoms with Crippen molar-refractivity contribution in [3.05, 3.63) is 34.2 Å². The van der Waals surface area contributed by atoms with Crippen LogP contribution < -0.4 is 10.9 Å². The smallest absolute Gasteiger partial charge is 0.409 e. The minimum absolute atomic E-state index is 0.0193. The zero-order valence-electron chi connectivity index (χ0n) is 16.5. The molecule has 156 valence electrons. The van der Waals surface area contributed by atoms with E-state index in [9.17, 15) is 19.2 Å². The van der Waals surface area contributed by atoms with E-state index in [2.05, 4.69) is 5.32 Å². The van der Waals surface area contributed by atoms with Gasteiger partial charge in [0.2, 0.25) is 11.8 Å². The molecule has 2 saturated heterocycles. The predicted octanol–water partition coefficient (Wildman–Crippen LogP) is 0.314. The van der Waals surface area contributed by atoms with Crippen LogP contribution in [-0.4, -0.2) is 71.6 Å². The van der Waals surface area contributed by atoms with E-state index >= 15 is 0 Å². The second kappa shape index (κ2) is 7.88. The summed E-state index contributed by atoms with van der Waals surface area (Å²) in [6.45, 7) is 4.25. The van der Waals surface area contributed by atoms with Crippen molar-refractivity contribution in [2.45, 2.75) is 31.7 Å². The summed E-state index contributed by atoms with van der Waals surface area (Å²) < 4.78 is 6.60. The molecule has 4 heterocycles. The molecule has 2 bridgehead atoms. The summed E-state index contributed by atoms with van der Waals surface area (Å²) in [6.07, 6.45) is 1.18. The largest absolute Gasteiger partial charge is 0.449 e. The summed E-state index contributed by atoms with van der Waals surface area (Å²) in [7, 11) is 0. The summed E-state index contributed by atoms with van der Waals surface area (Å²) in [5.74, 6) is -0.336. The van der Waals surface area contributed by atoms with E-state index in [1.807, 2.05) is 6.07 Å². The molecular formula is C20H26N4O5. The van der Waals surface area contributed by atoms with E-state index in [4.69, 9.17) is 4.74 Å². The van der Waals surface area contributed by atoms with Crippen molar-refractivity contribution in [1.29, 1.82) is 0 Å². The Hall–Kier alpha value is -2.84. The van der Waals surface area contributed by atoms with Gasteiger partial charge < -0.3 is 19.9 Å². The van der Waals surface area contributed by atoms with Crippen molar-refractivity contribution in [3.8, 4) is 0 Å². The van der Waals surface area contributed by atoms with Gasteiger partial charge in [0.25, 0.3) is 5.56 Å². The third-order valence-corrected chi connectivity index (χ3v) is 6.10. The predicted molar refractivity (Wildman–Crippen MR) is 103 cm³/mol. The third-order valence-electron chi connectivity index (χ3n) is 6.10. The van der Waals surface area contributed by atoms with Gasteiger partial charge in [0, 0.05) is 63.2 Å². The molecule has 3 amide bonds. The summed E-state index contributed by atoms with van der Waals surface area (Å²) in [5.41, 5.74) is 0.604. The highest BCUT2D eigenvalue weighted by atomic mass is 16.6. The van der Waals surface area contributed by atoms with Crippen molar-refractivity contribution >= 4 is 17.9 Å². The van der Waals surface area contributed by atoms with E-state index in [1.165, 1.54) is 13.0 Å². The number of hydrogen-bond acceptors (Lipinski definition) is 5. The molecular weight excluding hydrogens is 376 g/mol. The lowest BCUT2D eigenvalue weighted by molar-refractivity contribution is -0.135. The Morgan fingerprint density at radius 1 is 1.24 bits per heavy atom. The van der Waals surface area contributed by atoms with Crippen LogP contribution in [0.3, 0.4) is 0 Å². The van der Waals surface area contributed by atoms with Gasteiger partial charge in [-0.1, -0.05) is 6.07 Å². The molecule has 0 aromatic carbocycles.